The number of aromatic nitrogens is 2. The Morgan fingerprint density at radius 1 is 1.24 bits per heavy atom. The van der Waals surface area contributed by atoms with Gasteiger partial charge in [0.05, 0.1) is 24.1 Å². The van der Waals surface area contributed by atoms with E-state index in [1.165, 1.54) is 11.8 Å². The van der Waals surface area contributed by atoms with Crippen molar-refractivity contribution in [1.82, 2.24) is 14.5 Å². The number of methoxy groups -OCH3 is 1. The number of rotatable bonds is 7. The monoisotopic (exact) mass is 475 g/mol. The molecule has 1 unspecified atom stereocenters. The van der Waals surface area contributed by atoms with Gasteiger partial charge in [-0.2, -0.15) is 0 Å². The van der Waals surface area contributed by atoms with Crippen LogP contribution in [0.25, 0.3) is 10.9 Å². The van der Waals surface area contributed by atoms with Crippen LogP contribution in [-0.2, 0) is 16.1 Å². The Morgan fingerprint density at radius 3 is 2.62 bits per heavy atom. The van der Waals surface area contributed by atoms with Gasteiger partial charge >= 0.3 is 0 Å². The average molecular weight is 476 g/mol. The molecule has 3 rings (SSSR count). The highest BCUT2D eigenvalue weighted by Crippen LogP contribution is 2.35. The minimum Gasteiger partial charge on any atom is -0.383 e. The second-order valence-corrected chi connectivity index (χ2v) is 8.63. The fourth-order valence-corrected chi connectivity index (χ4v) is 4.50. The molecule has 8 heteroatoms. The number of carbonyl (C=O) groups excluding carboxylic acids is 1. The molecular weight excluding hydrogens is 454 g/mol. The van der Waals surface area contributed by atoms with Crippen LogP contribution in [0.15, 0.2) is 63.0 Å². The third-order valence-electron chi connectivity index (χ3n) is 4.39. The summed E-state index contributed by atoms with van der Waals surface area (Å²) in [6.07, 6.45) is 0. The normalized spacial score (nSPS) is 12.1. The number of hydrogen-bond acceptors (Lipinski definition) is 5. The standard InChI is InChI=1S/C21H22BrN3O3S/c1-24(2)20(27)18(14-7-5-4-6-8-14)29-21-23-17-10-9-15(22)13-16(17)19(26)25(21)11-12-28-3/h4-10,13,18H,11-12H2,1-3H3. The number of benzene rings is 2. The summed E-state index contributed by atoms with van der Waals surface area (Å²) in [5.41, 5.74) is 1.30. The van der Waals surface area contributed by atoms with Gasteiger partial charge in [-0.1, -0.05) is 58.0 Å². The van der Waals surface area contributed by atoms with Crippen molar-refractivity contribution in [1.29, 1.82) is 0 Å². The largest absolute Gasteiger partial charge is 0.383 e. The smallest absolute Gasteiger partial charge is 0.262 e. The molecule has 0 bridgehead atoms. The van der Waals surface area contributed by atoms with Crippen LogP contribution in [0.4, 0.5) is 0 Å². The van der Waals surface area contributed by atoms with Crippen molar-refractivity contribution in [2.75, 3.05) is 27.8 Å². The predicted octanol–water partition coefficient (Wildman–Crippen LogP) is 3.73. The van der Waals surface area contributed by atoms with Crippen molar-refractivity contribution in [2.45, 2.75) is 17.0 Å². The average Bonchev–Trinajstić information content (AvgIpc) is 2.72. The van der Waals surface area contributed by atoms with Crippen molar-refractivity contribution in [3.05, 3.63) is 68.9 Å². The summed E-state index contributed by atoms with van der Waals surface area (Å²) in [6, 6.07) is 14.9. The molecular formula is C21H22BrN3O3S. The molecule has 0 radical (unpaired) electrons. The van der Waals surface area contributed by atoms with Crippen LogP contribution in [0.3, 0.4) is 0 Å². The Bertz CT molecular complexity index is 1070. The van der Waals surface area contributed by atoms with Gasteiger partial charge in [0.25, 0.3) is 5.56 Å². The number of fused-ring (bicyclic) bond motifs is 1. The maximum atomic E-state index is 13.2. The SMILES string of the molecule is COCCn1c(SC(C(=O)N(C)C)c2ccccc2)nc2ccc(Br)cc2c1=O. The van der Waals surface area contributed by atoms with Crippen LogP contribution >= 0.6 is 27.7 Å². The maximum absolute atomic E-state index is 13.2. The second kappa shape index (κ2) is 9.56. The van der Waals surface area contributed by atoms with E-state index in [0.717, 1.165) is 10.0 Å². The van der Waals surface area contributed by atoms with Gasteiger partial charge in [-0.25, -0.2) is 4.98 Å². The summed E-state index contributed by atoms with van der Waals surface area (Å²) < 4.78 is 7.58. The second-order valence-electron chi connectivity index (χ2n) is 6.65. The molecule has 1 amide bonds. The lowest BCUT2D eigenvalue weighted by atomic mass is 10.1. The van der Waals surface area contributed by atoms with Gasteiger partial charge in [0.1, 0.15) is 5.25 Å². The van der Waals surface area contributed by atoms with Crippen LogP contribution in [0.1, 0.15) is 10.8 Å². The van der Waals surface area contributed by atoms with E-state index < -0.39 is 5.25 Å². The molecule has 1 heterocycles. The number of thioether (sulfide) groups is 1. The summed E-state index contributed by atoms with van der Waals surface area (Å²) in [5, 5.41) is 0.501. The summed E-state index contributed by atoms with van der Waals surface area (Å²) in [7, 11) is 5.04. The van der Waals surface area contributed by atoms with E-state index in [2.05, 4.69) is 15.9 Å². The van der Waals surface area contributed by atoms with Gasteiger partial charge in [0.15, 0.2) is 5.16 Å². The number of amides is 1. The number of likely N-dealkylation sites (N-methyl/N-ethyl adjacent to an activating group) is 1. The minimum atomic E-state index is -0.514. The van der Waals surface area contributed by atoms with Gasteiger partial charge in [0, 0.05) is 25.7 Å². The fourth-order valence-electron chi connectivity index (χ4n) is 2.87. The Morgan fingerprint density at radius 2 is 1.97 bits per heavy atom. The fraction of sp³-hybridized carbons (Fsp3) is 0.286. The first-order valence-electron chi connectivity index (χ1n) is 9.04. The van der Waals surface area contributed by atoms with Crippen molar-refractivity contribution in [3.8, 4) is 0 Å². The molecule has 6 nitrogen and oxygen atoms in total. The summed E-state index contributed by atoms with van der Waals surface area (Å²) in [5.74, 6) is -0.0651. The maximum Gasteiger partial charge on any atom is 0.262 e. The van der Waals surface area contributed by atoms with E-state index in [1.54, 1.807) is 42.8 Å². The molecule has 0 fully saturated rings. The molecule has 0 aliphatic heterocycles. The Hall–Kier alpha value is -2.16. The van der Waals surface area contributed by atoms with Gasteiger partial charge in [-0.05, 0) is 23.8 Å². The number of nitrogens with zero attached hydrogens (tertiary/aromatic N) is 3. The van der Waals surface area contributed by atoms with Gasteiger partial charge in [-0.15, -0.1) is 0 Å². The zero-order chi connectivity index (χ0) is 21.0. The minimum absolute atomic E-state index is 0.0651. The van der Waals surface area contributed by atoms with Crippen LogP contribution in [0.2, 0.25) is 0 Å². The van der Waals surface area contributed by atoms with Crippen LogP contribution in [0, 0.1) is 0 Å². The van der Waals surface area contributed by atoms with Crippen LogP contribution in [-0.4, -0.2) is 48.2 Å². The van der Waals surface area contributed by atoms with E-state index in [1.807, 2.05) is 36.4 Å². The molecule has 0 aliphatic carbocycles. The first kappa shape index (κ1) is 21.5. The van der Waals surface area contributed by atoms with Crippen molar-refractivity contribution in [2.24, 2.45) is 0 Å². The molecule has 152 valence electrons. The third-order valence-corrected chi connectivity index (χ3v) is 6.12. The van der Waals surface area contributed by atoms with E-state index in [9.17, 15) is 9.59 Å². The molecule has 2 aromatic carbocycles. The molecule has 0 saturated carbocycles. The molecule has 3 aromatic rings. The van der Waals surface area contributed by atoms with E-state index in [-0.39, 0.29) is 11.5 Å². The summed E-state index contributed by atoms with van der Waals surface area (Å²) >= 11 is 4.69. The highest BCUT2D eigenvalue weighted by atomic mass is 79.9. The van der Waals surface area contributed by atoms with Gasteiger partial charge in [0.2, 0.25) is 5.91 Å². The third kappa shape index (κ3) is 4.88. The topological polar surface area (TPSA) is 64.4 Å². The van der Waals surface area contributed by atoms with Crippen molar-refractivity contribution in [3.63, 3.8) is 0 Å². The zero-order valence-electron chi connectivity index (χ0n) is 16.5. The molecule has 29 heavy (non-hydrogen) atoms. The Kier molecular flexibility index (Phi) is 7.10. The molecule has 0 saturated heterocycles. The molecule has 0 aliphatic rings. The first-order chi connectivity index (χ1) is 13.9. The lowest BCUT2D eigenvalue weighted by Gasteiger charge is -2.22. The van der Waals surface area contributed by atoms with E-state index in [4.69, 9.17) is 9.72 Å². The molecule has 1 aromatic heterocycles. The lowest BCUT2D eigenvalue weighted by molar-refractivity contribution is -0.128. The first-order valence-corrected chi connectivity index (χ1v) is 10.7. The quantitative estimate of drug-likeness (QED) is 0.384. The highest BCUT2D eigenvalue weighted by Gasteiger charge is 2.26. The highest BCUT2D eigenvalue weighted by molar-refractivity contribution is 9.10. The van der Waals surface area contributed by atoms with E-state index in [0.29, 0.717) is 29.2 Å². The zero-order valence-corrected chi connectivity index (χ0v) is 18.9. The Balaban J connectivity index is 2.14. The van der Waals surface area contributed by atoms with Crippen LogP contribution < -0.4 is 5.56 Å². The molecule has 0 N–H and O–H groups in total. The number of halogens is 1. The van der Waals surface area contributed by atoms with Gasteiger partial charge < -0.3 is 9.64 Å². The van der Waals surface area contributed by atoms with Crippen molar-refractivity contribution < 1.29 is 9.53 Å². The summed E-state index contributed by atoms with van der Waals surface area (Å²) in [6.45, 7) is 0.719. The van der Waals surface area contributed by atoms with Gasteiger partial charge in [-0.3, -0.25) is 14.2 Å². The number of hydrogen-bond donors (Lipinski definition) is 0. The number of ether oxygens (including phenoxy) is 1. The summed E-state index contributed by atoms with van der Waals surface area (Å²) in [4.78, 5) is 32.4. The molecule has 1 atom stereocenters. The van der Waals surface area contributed by atoms with E-state index >= 15 is 0 Å². The Labute approximate surface area is 182 Å². The van der Waals surface area contributed by atoms with Crippen molar-refractivity contribution >= 4 is 44.5 Å². The van der Waals surface area contributed by atoms with Crippen LogP contribution in [0.5, 0.6) is 0 Å². The molecule has 0 spiro atoms. The predicted molar refractivity (Wildman–Crippen MR) is 119 cm³/mol. The number of carbonyl (C=O) groups is 1. The lowest BCUT2D eigenvalue weighted by Crippen LogP contribution is -2.29.